The Balaban J connectivity index is 2.85. The fourth-order valence-electron chi connectivity index (χ4n) is 1.80. The van der Waals surface area contributed by atoms with E-state index in [0.717, 1.165) is 13.0 Å². The predicted molar refractivity (Wildman–Crippen MR) is 65.2 cm³/mol. The number of rotatable bonds is 1. The third-order valence-corrected chi connectivity index (χ3v) is 2.46. The minimum absolute atomic E-state index is 0.0424. The summed E-state index contributed by atoms with van der Waals surface area (Å²) in [5, 5.41) is 2.84. The molecule has 1 aliphatic rings. The Labute approximate surface area is 97.1 Å². The molecular weight excluding hydrogens is 204 g/mol. The number of carbonyl (C=O) groups is 1. The van der Waals surface area contributed by atoms with Crippen molar-refractivity contribution in [2.24, 2.45) is 10.7 Å². The smallest absolute Gasteiger partial charge is 0.242 e. The molecule has 5 nitrogen and oxygen atoms in total. The van der Waals surface area contributed by atoms with Gasteiger partial charge in [-0.05, 0) is 27.2 Å². The minimum Gasteiger partial charge on any atom is -0.370 e. The number of nitrogens with one attached hydrogen (secondary N) is 1. The summed E-state index contributed by atoms with van der Waals surface area (Å²) in [5.41, 5.74) is 5.75. The van der Waals surface area contributed by atoms with Crippen molar-refractivity contribution < 1.29 is 4.79 Å². The fourth-order valence-corrected chi connectivity index (χ4v) is 1.80. The van der Waals surface area contributed by atoms with Crippen LogP contribution in [0.4, 0.5) is 0 Å². The molecule has 1 atom stereocenters. The number of amides is 1. The maximum atomic E-state index is 11.6. The van der Waals surface area contributed by atoms with Crippen LogP contribution < -0.4 is 11.1 Å². The van der Waals surface area contributed by atoms with Crippen molar-refractivity contribution in [2.45, 2.75) is 45.7 Å². The maximum Gasteiger partial charge on any atom is 0.242 e. The van der Waals surface area contributed by atoms with E-state index in [1.165, 1.54) is 0 Å². The molecule has 1 aliphatic heterocycles. The van der Waals surface area contributed by atoms with E-state index in [0.29, 0.717) is 12.5 Å². The molecule has 0 saturated carbocycles. The maximum absolute atomic E-state index is 11.6. The first-order valence-corrected chi connectivity index (χ1v) is 5.75. The van der Waals surface area contributed by atoms with Crippen LogP contribution in [0.2, 0.25) is 0 Å². The number of hydrogen-bond donors (Lipinski definition) is 2. The van der Waals surface area contributed by atoms with Crippen molar-refractivity contribution >= 4 is 11.9 Å². The van der Waals surface area contributed by atoms with Gasteiger partial charge in [0.05, 0.1) is 5.54 Å². The average molecular weight is 226 g/mol. The van der Waals surface area contributed by atoms with Gasteiger partial charge in [-0.2, -0.15) is 0 Å². The van der Waals surface area contributed by atoms with Gasteiger partial charge in [-0.25, -0.2) is 4.99 Å². The highest BCUT2D eigenvalue weighted by molar-refractivity contribution is 5.89. The van der Waals surface area contributed by atoms with Crippen molar-refractivity contribution in [3.8, 4) is 0 Å². The highest BCUT2D eigenvalue weighted by Crippen LogP contribution is 2.11. The zero-order valence-electron chi connectivity index (χ0n) is 10.6. The zero-order chi connectivity index (χ0) is 12.3. The third kappa shape index (κ3) is 3.12. The molecule has 92 valence electrons. The van der Waals surface area contributed by atoms with Gasteiger partial charge < -0.3 is 16.0 Å². The first kappa shape index (κ1) is 12.8. The molecule has 1 fully saturated rings. The molecule has 0 aromatic rings. The second-order valence-electron chi connectivity index (χ2n) is 5.05. The Morgan fingerprint density at radius 3 is 2.75 bits per heavy atom. The quantitative estimate of drug-likeness (QED) is 0.499. The summed E-state index contributed by atoms with van der Waals surface area (Å²) in [7, 11) is 0. The van der Waals surface area contributed by atoms with E-state index in [1.54, 1.807) is 0 Å². The topological polar surface area (TPSA) is 70.7 Å². The van der Waals surface area contributed by atoms with Crippen LogP contribution in [0.15, 0.2) is 4.99 Å². The molecule has 16 heavy (non-hydrogen) atoms. The molecule has 0 radical (unpaired) electrons. The minimum atomic E-state index is -0.212. The molecule has 1 saturated heterocycles. The Morgan fingerprint density at radius 1 is 1.62 bits per heavy atom. The number of nitrogens with two attached hydrogens (primary N) is 1. The largest absolute Gasteiger partial charge is 0.370 e. The molecular formula is C11H22N4O. The molecule has 1 unspecified atom stereocenters. The van der Waals surface area contributed by atoms with Gasteiger partial charge in [0.15, 0.2) is 5.96 Å². The summed E-state index contributed by atoms with van der Waals surface area (Å²) in [6.07, 6.45) is 0.742. The van der Waals surface area contributed by atoms with Gasteiger partial charge in [0.1, 0.15) is 6.04 Å². The van der Waals surface area contributed by atoms with Gasteiger partial charge in [-0.15, -0.1) is 0 Å². The average Bonchev–Trinajstić information content (AvgIpc) is 2.14. The predicted octanol–water partition coefficient (Wildman–Crippen LogP) is 0.310. The van der Waals surface area contributed by atoms with Crippen molar-refractivity contribution in [2.75, 3.05) is 13.1 Å². The fraction of sp³-hybridized carbons (Fsp3) is 0.818. The zero-order valence-corrected chi connectivity index (χ0v) is 10.6. The number of guanidine groups is 1. The number of hydrogen-bond acceptors (Lipinski definition) is 2. The molecule has 0 aliphatic carbocycles. The van der Waals surface area contributed by atoms with Crippen molar-refractivity contribution in [1.82, 2.24) is 10.2 Å². The Kier molecular flexibility index (Phi) is 3.78. The van der Waals surface area contributed by atoms with Gasteiger partial charge in [0.2, 0.25) is 5.91 Å². The number of carbonyl (C=O) groups excluding carboxylic acids is 1. The van der Waals surface area contributed by atoms with E-state index in [-0.39, 0.29) is 17.5 Å². The van der Waals surface area contributed by atoms with E-state index in [1.807, 2.05) is 32.6 Å². The van der Waals surface area contributed by atoms with Gasteiger partial charge in [-0.1, -0.05) is 6.92 Å². The standard InChI is InChI=1S/C11H22N4O/c1-5-8-9(16)13-6-7-15(8)10(12)14-11(2,3)4/h8H,5-7H2,1-4H3,(H2,12,14)(H,13,16). The van der Waals surface area contributed by atoms with E-state index in [9.17, 15) is 4.79 Å². The molecule has 5 heteroatoms. The van der Waals surface area contributed by atoms with Gasteiger partial charge in [0.25, 0.3) is 0 Å². The van der Waals surface area contributed by atoms with Crippen molar-refractivity contribution in [3.05, 3.63) is 0 Å². The summed E-state index contributed by atoms with van der Waals surface area (Å²) in [5.74, 6) is 0.509. The van der Waals surface area contributed by atoms with Crippen molar-refractivity contribution in [3.63, 3.8) is 0 Å². The lowest BCUT2D eigenvalue weighted by atomic mass is 10.1. The SMILES string of the molecule is CCC1C(=O)NCCN1C(N)=NC(C)(C)C. The first-order valence-electron chi connectivity index (χ1n) is 5.75. The Bertz CT molecular complexity index is 293. The second-order valence-corrected chi connectivity index (χ2v) is 5.05. The Hall–Kier alpha value is -1.26. The molecule has 1 rings (SSSR count). The van der Waals surface area contributed by atoms with Crippen LogP contribution in [0.25, 0.3) is 0 Å². The molecule has 0 aromatic carbocycles. The van der Waals surface area contributed by atoms with Crippen LogP contribution in [0, 0.1) is 0 Å². The summed E-state index contributed by atoms with van der Waals surface area (Å²) in [4.78, 5) is 17.9. The molecule has 3 N–H and O–H groups in total. The van der Waals surface area contributed by atoms with Gasteiger partial charge in [0, 0.05) is 13.1 Å². The lowest BCUT2D eigenvalue weighted by Crippen LogP contribution is -2.59. The van der Waals surface area contributed by atoms with Crippen LogP contribution in [-0.2, 0) is 4.79 Å². The highest BCUT2D eigenvalue weighted by Gasteiger charge is 2.29. The summed E-state index contributed by atoms with van der Waals surface area (Å²) in [6.45, 7) is 9.32. The summed E-state index contributed by atoms with van der Waals surface area (Å²) in [6, 6.07) is -0.181. The second kappa shape index (κ2) is 4.72. The molecule has 0 bridgehead atoms. The number of piperazine rings is 1. The highest BCUT2D eigenvalue weighted by atomic mass is 16.2. The van der Waals surface area contributed by atoms with E-state index in [2.05, 4.69) is 10.3 Å². The van der Waals surface area contributed by atoms with Crippen molar-refractivity contribution in [1.29, 1.82) is 0 Å². The number of aliphatic imine (C=N–C) groups is 1. The van der Waals surface area contributed by atoms with Crippen LogP contribution in [-0.4, -0.2) is 41.4 Å². The third-order valence-electron chi connectivity index (χ3n) is 2.46. The van der Waals surface area contributed by atoms with E-state index < -0.39 is 0 Å². The van der Waals surface area contributed by atoms with E-state index in [4.69, 9.17) is 5.73 Å². The monoisotopic (exact) mass is 226 g/mol. The van der Waals surface area contributed by atoms with Gasteiger partial charge in [-0.3, -0.25) is 4.79 Å². The van der Waals surface area contributed by atoms with Crippen LogP contribution >= 0.6 is 0 Å². The molecule has 1 heterocycles. The summed E-state index contributed by atoms with van der Waals surface area (Å²) < 4.78 is 0. The number of nitrogens with zero attached hydrogens (tertiary/aromatic N) is 2. The van der Waals surface area contributed by atoms with Crippen LogP contribution in [0.1, 0.15) is 34.1 Å². The van der Waals surface area contributed by atoms with Crippen LogP contribution in [0.5, 0.6) is 0 Å². The Morgan fingerprint density at radius 2 is 2.25 bits per heavy atom. The van der Waals surface area contributed by atoms with E-state index >= 15 is 0 Å². The molecule has 0 spiro atoms. The summed E-state index contributed by atoms with van der Waals surface area (Å²) >= 11 is 0. The lowest BCUT2D eigenvalue weighted by molar-refractivity contribution is -0.127. The van der Waals surface area contributed by atoms with Gasteiger partial charge >= 0.3 is 0 Å². The van der Waals surface area contributed by atoms with Crippen LogP contribution in [0.3, 0.4) is 0 Å². The molecule has 0 aromatic heterocycles. The lowest BCUT2D eigenvalue weighted by Gasteiger charge is -2.36. The first-order chi connectivity index (χ1) is 7.35. The molecule has 1 amide bonds. The normalized spacial score (nSPS) is 23.2.